The predicted octanol–water partition coefficient (Wildman–Crippen LogP) is 3.76. The molecule has 1 saturated carbocycles. The summed E-state index contributed by atoms with van der Waals surface area (Å²) in [5, 5.41) is 9.10. The minimum Gasteiger partial charge on any atom is -0.423 e. The maximum atomic E-state index is 9.10. The maximum Gasteiger partial charge on any atom is 0.298 e. The summed E-state index contributed by atoms with van der Waals surface area (Å²) in [6, 6.07) is 18.8. The molecule has 2 aromatic carbocycles. The molecule has 0 unspecified atom stereocenters. The highest BCUT2D eigenvalue weighted by molar-refractivity contribution is 5.74. The first-order chi connectivity index (χ1) is 15.7. The molecule has 4 aromatic rings. The number of hydrogen-bond donors (Lipinski definition) is 0. The highest BCUT2D eigenvalue weighted by Crippen LogP contribution is 2.50. The number of para-hydroxylation sites is 2. The first kappa shape index (κ1) is 19.1. The topological polar surface area (TPSA) is 74.1 Å². The molecule has 0 N–H and O–H groups in total. The van der Waals surface area contributed by atoms with Gasteiger partial charge in [0, 0.05) is 38.9 Å². The molecular formula is C25H24N6O. The van der Waals surface area contributed by atoms with E-state index in [0.717, 1.165) is 56.7 Å². The fraction of sp³-hybridized carbons (Fsp3) is 0.320. The number of benzene rings is 2. The number of nitriles is 1. The van der Waals surface area contributed by atoms with Gasteiger partial charge in [0.1, 0.15) is 5.52 Å². The number of aromatic nitrogens is 3. The number of rotatable bonds is 5. The third-order valence-corrected chi connectivity index (χ3v) is 6.76. The normalized spacial score (nSPS) is 18.0. The van der Waals surface area contributed by atoms with Gasteiger partial charge in [0.05, 0.1) is 29.2 Å². The van der Waals surface area contributed by atoms with E-state index >= 15 is 0 Å². The average molecular weight is 425 g/mol. The molecule has 6 rings (SSSR count). The van der Waals surface area contributed by atoms with Crippen LogP contribution >= 0.6 is 0 Å². The highest BCUT2D eigenvalue weighted by atomic mass is 16.4. The average Bonchev–Trinajstić information content (AvgIpc) is 3.30. The van der Waals surface area contributed by atoms with Gasteiger partial charge in [-0.05, 0) is 42.7 Å². The Kier molecular flexibility index (Phi) is 4.47. The van der Waals surface area contributed by atoms with Crippen molar-refractivity contribution < 1.29 is 4.42 Å². The molecule has 2 aliphatic rings. The summed E-state index contributed by atoms with van der Waals surface area (Å²) in [7, 11) is 0. The summed E-state index contributed by atoms with van der Waals surface area (Å²) < 4.78 is 8.30. The number of anilines is 1. The quantitative estimate of drug-likeness (QED) is 0.486. The van der Waals surface area contributed by atoms with Gasteiger partial charge in [0.25, 0.3) is 6.01 Å². The molecule has 0 radical (unpaired) electrons. The molecule has 0 spiro atoms. The molecule has 160 valence electrons. The van der Waals surface area contributed by atoms with Crippen LogP contribution in [0.1, 0.15) is 29.7 Å². The van der Waals surface area contributed by atoms with Crippen LogP contribution in [-0.4, -0.2) is 45.6 Å². The summed E-state index contributed by atoms with van der Waals surface area (Å²) in [5.41, 5.74) is 4.93. The molecule has 2 aromatic heterocycles. The van der Waals surface area contributed by atoms with Crippen molar-refractivity contribution in [3.8, 4) is 6.07 Å². The van der Waals surface area contributed by atoms with Crippen LogP contribution in [0.15, 0.2) is 65.5 Å². The molecule has 0 amide bonds. The Morgan fingerprint density at radius 1 is 1.00 bits per heavy atom. The van der Waals surface area contributed by atoms with Gasteiger partial charge in [-0.1, -0.05) is 24.3 Å². The third kappa shape index (κ3) is 3.24. The van der Waals surface area contributed by atoms with Crippen molar-refractivity contribution >= 4 is 17.1 Å². The molecule has 1 aliphatic carbocycles. The standard InChI is InChI=1S/C25H24N6O/c26-15-19-5-7-20(8-6-19)25(9-10-25)31-18-27-16-21(31)17-29-11-13-30(14-12-29)24-28-22-3-1-2-4-23(22)32-24/h1-8,16,18H,9-14,17H2. The highest BCUT2D eigenvalue weighted by Gasteiger charge is 2.47. The van der Waals surface area contributed by atoms with E-state index in [1.165, 1.54) is 11.3 Å². The second kappa shape index (κ2) is 7.50. The molecule has 2 fully saturated rings. The van der Waals surface area contributed by atoms with Crippen molar-refractivity contribution in [2.45, 2.75) is 24.9 Å². The largest absolute Gasteiger partial charge is 0.423 e. The van der Waals surface area contributed by atoms with Crippen molar-refractivity contribution in [3.05, 3.63) is 77.9 Å². The fourth-order valence-electron chi connectivity index (χ4n) is 4.79. The van der Waals surface area contributed by atoms with E-state index in [-0.39, 0.29) is 5.54 Å². The number of nitrogens with zero attached hydrogens (tertiary/aromatic N) is 6. The monoisotopic (exact) mass is 424 g/mol. The van der Waals surface area contributed by atoms with Crippen molar-refractivity contribution in [1.29, 1.82) is 5.26 Å². The maximum absolute atomic E-state index is 9.10. The van der Waals surface area contributed by atoms with Gasteiger partial charge in [0.2, 0.25) is 0 Å². The molecule has 7 nitrogen and oxygen atoms in total. The van der Waals surface area contributed by atoms with E-state index in [2.05, 4.69) is 42.5 Å². The van der Waals surface area contributed by atoms with Gasteiger partial charge in [-0.25, -0.2) is 4.98 Å². The Labute approximate surface area is 186 Å². The summed E-state index contributed by atoms with van der Waals surface area (Å²) in [6.07, 6.45) is 6.17. The summed E-state index contributed by atoms with van der Waals surface area (Å²) >= 11 is 0. The lowest BCUT2D eigenvalue weighted by Gasteiger charge is -2.34. The lowest BCUT2D eigenvalue weighted by molar-refractivity contribution is 0.238. The van der Waals surface area contributed by atoms with E-state index in [1.807, 2.05) is 48.9 Å². The van der Waals surface area contributed by atoms with Crippen LogP contribution in [0, 0.1) is 11.3 Å². The number of oxazole rings is 1. The van der Waals surface area contributed by atoms with Gasteiger partial charge >= 0.3 is 0 Å². The van der Waals surface area contributed by atoms with Crippen LogP contribution in [0.25, 0.3) is 11.1 Å². The molecule has 0 bridgehead atoms. The predicted molar refractivity (Wildman–Crippen MR) is 121 cm³/mol. The fourth-order valence-corrected chi connectivity index (χ4v) is 4.79. The Balaban J connectivity index is 1.15. The smallest absolute Gasteiger partial charge is 0.298 e. The second-order valence-corrected chi connectivity index (χ2v) is 8.70. The minimum atomic E-state index is -0.0141. The van der Waals surface area contributed by atoms with Crippen molar-refractivity contribution in [3.63, 3.8) is 0 Å². The summed E-state index contributed by atoms with van der Waals surface area (Å²) in [6.45, 7) is 4.56. The summed E-state index contributed by atoms with van der Waals surface area (Å²) in [5.74, 6) is 0. The van der Waals surface area contributed by atoms with Crippen molar-refractivity contribution in [2.75, 3.05) is 31.1 Å². The van der Waals surface area contributed by atoms with Crippen molar-refractivity contribution in [2.24, 2.45) is 0 Å². The molecule has 1 aliphatic heterocycles. The molecular weight excluding hydrogens is 400 g/mol. The number of piperazine rings is 1. The van der Waals surface area contributed by atoms with E-state index in [9.17, 15) is 0 Å². The number of fused-ring (bicyclic) bond motifs is 1. The first-order valence-corrected chi connectivity index (χ1v) is 11.1. The lowest BCUT2D eigenvalue weighted by Crippen LogP contribution is -2.46. The zero-order valence-electron chi connectivity index (χ0n) is 17.8. The van der Waals surface area contributed by atoms with Gasteiger partial charge in [0.15, 0.2) is 5.58 Å². The number of imidazole rings is 1. The lowest BCUT2D eigenvalue weighted by atomic mass is 10.0. The van der Waals surface area contributed by atoms with Crippen LogP contribution in [0.3, 0.4) is 0 Å². The van der Waals surface area contributed by atoms with E-state index < -0.39 is 0 Å². The SMILES string of the molecule is N#Cc1ccc(C2(n3cncc3CN3CCN(c4nc5ccccc5o4)CC3)CC2)cc1. The van der Waals surface area contributed by atoms with Gasteiger partial charge < -0.3 is 13.9 Å². The van der Waals surface area contributed by atoms with Gasteiger partial charge in [-0.3, -0.25) is 4.90 Å². The molecule has 0 atom stereocenters. The molecule has 32 heavy (non-hydrogen) atoms. The second-order valence-electron chi connectivity index (χ2n) is 8.70. The minimum absolute atomic E-state index is 0.0141. The van der Waals surface area contributed by atoms with Crippen molar-refractivity contribution in [1.82, 2.24) is 19.4 Å². The van der Waals surface area contributed by atoms with Gasteiger partial charge in [-0.2, -0.15) is 10.2 Å². The van der Waals surface area contributed by atoms with Crippen LogP contribution in [0.4, 0.5) is 6.01 Å². The Morgan fingerprint density at radius 3 is 2.50 bits per heavy atom. The van der Waals surface area contributed by atoms with E-state index in [4.69, 9.17) is 9.68 Å². The molecule has 3 heterocycles. The van der Waals surface area contributed by atoms with Crippen LogP contribution < -0.4 is 4.90 Å². The Bertz CT molecular complexity index is 1250. The molecule has 1 saturated heterocycles. The zero-order valence-corrected chi connectivity index (χ0v) is 17.8. The van der Waals surface area contributed by atoms with Crippen LogP contribution in [-0.2, 0) is 12.1 Å². The Hall–Kier alpha value is -3.63. The van der Waals surface area contributed by atoms with Gasteiger partial charge in [-0.15, -0.1) is 0 Å². The summed E-state index contributed by atoms with van der Waals surface area (Å²) in [4.78, 5) is 13.8. The zero-order chi connectivity index (χ0) is 21.5. The van der Waals surface area contributed by atoms with E-state index in [1.54, 1.807) is 0 Å². The third-order valence-electron chi connectivity index (χ3n) is 6.76. The Morgan fingerprint density at radius 2 is 1.78 bits per heavy atom. The van der Waals surface area contributed by atoms with Crippen LogP contribution in [0.5, 0.6) is 0 Å². The molecule has 7 heteroatoms. The van der Waals surface area contributed by atoms with E-state index in [0.29, 0.717) is 11.6 Å². The van der Waals surface area contributed by atoms with Crippen LogP contribution in [0.2, 0.25) is 0 Å². The first-order valence-electron chi connectivity index (χ1n) is 11.1. The number of hydrogen-bond acceptors (Lipinski definition) is 6.